The minimum absolute atomic E-state index is 0.00413. The summed E-state index contributed by atoms with van der Waals surface area (Å²) in [6.45, 7) is 2.43. The van der Waals surface area contributed by atoms with Crippen molar-refractivity contribution >= 4 is 11.8 Å². The number of amides is 2. The molecule has 0 spiro atoms. The molecule has 2 aliphatic rings. The van der Waals surface area contributed by atoms with Crippen molar-refractivity contribution < 1.29 is 14.0 Å². The first-order valence-electron chi connectivity index (χ1n) is 11.4. The standard InChI is InChI=1S/C25H26FN5O2/c26-21-9-7-18(8-10-21)14-24(32)31-12-3-6-22(31)16-30-17-23(27-28-30)25(33)29-13-11-19-4-1-2-5-20(19)15-29/h1-2,4-5,7-10,17,22H,3,6,11-16H2/t22-/m0/s1. The molecule has 7 nitrogen and oxygen atoms in total. The van der Waals surface area contributed by atoms with E-state index in [1.165, 1.54) is 23.3 Å². The van der Waals surface area contributed by atoms with Crippen molar-refractivity contribution in [3.8, 4) is 0 Å². The normalized spacial score (nSPS) is 17.8. The van der Waals surface area contributed by atoms with Gasteiger partial charge in [-0.1, -0.05) is 41.6 Å². The minimum Gasteiger partial charge on any atom is -0.338 e. The fraction of sp³-hybridized carbons (Fsp3) is 0.360. The number of benzene rings is 2. The number of aromatic nitrogens is 3. The first-order chi connectivity index (χ1) is 16.1. The summed E-state index contributed by atoms with van der Waals surface area (Å²) in [6, 6.07) is 14.2. The Labute approximate surface area is 191 Å². The van der Waals surface area contributed by atoms with Gasteiger partial charge in [-0.3, -0.25) is 9.59 Å². The number of carbonyl (C=O) groups is 2. The molecular formula is C25H26FN5O2. The highest BCUT2D eigenvalue weighted by Gasteiger charge is 2.30. The molecule has 2 aromatic carbocycles. The van der Waals surface area contributed by atoms with Crippen LogP contribution in [0.2, 0.25) is 0 Å². The third-order valence-electron chi connectivity index (χ3n) is 6.54. The van der Waals surface area contributed by atoms with Gasteiger partial charge in [0.2, 0.25) is 5.91 Å². The Morgan fingerprint density at radius 1 is 1.03 bits per heavy atom. The van der Waals surface area contributed by atoms with Gasteiger partial charge in [-0.2, -0.15) is 0 Å². The summed E-state index contributed by atoms with van der Waals surface area (Å²) in [6.07, 6.45) is 4.57. The first kappa shape index (κ1) is 21.3. The number of hydrogen-bond donors (Lipinski definition) is 0. The van der Waals surface area contributed by atoms with Crippen LogP contribution in [0.15, 0.2) is 54.7 Å². The number of carbonyl (C=O) groups excluding carboxylic acids is 2. The van der Waals surface area contributed by atoms with Crippen molar-refractivity contribution in [1.29, 1.82) is 0 Å². The summed E-state index contributed by atoms with van der Waals surface area (Å²) in [5.41, 5.74) is 3.59. The van der Waals surface area contributed by atoms with Crippen molar-refractivity contribution in [2.75, 3.05) is 13.1 Å². The summed E-state index contributed by atoms with van der Waals surface area (Å²) in [5.74, 6) is -0.408. The van der Waals surface area contributed by atoms with Gasteiger partial charge in [-0.15, -0.1) is 5.10 Å². The molecule has 2 aliphatic heterocycles. The van der Waals surface area contributed by atoms with E-state index in [0.29, 0.717) is 31.9 Å². The number of hydrogen-bond acceptors (Lipinski definition) is 4. The van der Waals surface area contributed by atoms with Crippen LogP contribution in [0.25, 0.3) is 0 Å². The molecule has 0 aliphatic carbocycles. The quantitative estimate of drug-likeness (QED) is 0.603. The maximum atomic E-state index is 13.1. The molecule has 0 unspecified atom stereocenters. The van der Waals surface area contributed by atoms with E-state index in [1.807, 2.05) is 21.9 Å². The van der Waals surface area contributed by atoms with Gasteiger partial charge in [-0.25, -0.2) is 9.07 Å². The number of nitrogens with zero attached hydrogens (tertiary/aromatic N) is 5. The fourth-order valence-corrected chi connectivity index (χ4v) is 4.76. The molecule has 1 saturated heterocycles. The Morgan fingerprint density at radius 3 is 2.64 bits per heavy atom. The monoisotopic (exact) mass is 447 g/mol. The van der Waals surface area contributed by atoms with Gasteiger partial charge in [0, 0.05) is 19.6 Å². The van der Waals surface area contributed by atoms with Crippen LogP contribution in [0.3, 0.4) is 0 Å². The Bertz CT molecular complexity index is 1160. The zero-order valence-corrected chi connectivity index (χ0v) is 18.4. The molecule has 5 rings (SSSR count). The van der Waals surface area contributed by atoms with Crippen LogP contribution in [0.5, 0.6) is 0 Å². The van der Waals surface area contributed by atoms with Gasteiger partial charge in [0.15, 0.2) is 5.69 Å². The molecule has 8 heteroatoms. The minimum atomic E-state index is -0.310. The second-order valence-electron chi connectivity index (χ2n) is 8.76. The van der Waals surface area contributed by atoms with Crippen LogP contribution >= 0.6 is 0 Å². The van der Waals surface area contributed by atoms with E-state index < -0.39 is 0 Å². The van der Waals surface area contributed by atoms with Crippen LogP contribution in [-0.4, -0.2) is 55.7 Å². The molecule has 170 valence electrons. The number of rotatable bonds is 5. The Balaban J connectivity index is 1.21. The van der Waals surface area contributed by atoms with Gasteiger partial charge < -0.3 is 9.80 Å². The molecule has 0 N–H and O–H groups in total. The lowest BCUT2D eigenvalue weighted by molar-refractivity contribution is -0.131. The van der Waals surface area contributed by atoms with Crippen molar-refractivity contribution in [3.05, 3.63) is 82.9 Å². The summed E-state index contributed by atoms with van der Waals surface area (Å²) >= 11 is 0. The van der Waals surface area contributed by atoms with E-state index in [0.717, 1.165) is 24.8 Å². The zero-order chi connectivity index (χ0) is 22.8. The number of fused-ring (bicyclic) bond motifs is 1. The average Bonchev–Trinajstić information content (AvgIpc) is 3.50. The van der Waals surface area contributed by atoms with Crippen LogP contribution in [0.1, 0.15) is 40.0 Å². The summed E-state index contributed by atoms with van der Waals surface area (Å²) in [7, 11) is 0. The lowest BCUT2D eigenvalue weighted by Gasteiger charge is -2.28. The maximum absolute atomic E-state index is 13.1. The van der Waals surface area contributed by atoms with Crippen LogP contribution in [0, 0.1) is 5.82 Å². The molecule has 0 saturated carbocycles. The second-order valence-corrected chi connectivity index (χ2v) is 8.76. The molecule has 1 atom stereocenters. The van der Waals surface area contributed by atoms with Crippen molar-refractivity contribution in [1.82, 2.24) is 24.8 Å². The molecule has 2 amide bonds. The SMILES string of the molecule is O=C(c1cn(C[C@@H]2CCCN2C(=O)Cc2ccc(F)cc2)nn1)N1CCc2ccccc2C1. The lowest BCUT2D eigenvalue weighted by Crippen LogP contribution is -2.39. The van der Waals surface area contributed by atoms with E-state index in [2.05, 4.69) is 22.4 Å². The van der Waals surface area contributed by atoms with Crippen LogP contribution < -0.4 is 0 Å². The molecule has 33 heavy (non-hydrogen) atoms. The van der Waals surface area contributed by atoms with Gasteiger partial charge in [0.1, 0.15) is 5.82 Å². The third kappa shape index (κ3) is 4.65. The summed E-state index contributed by atoms with van der Waals surface area (Å²) < 4.78 is 14.8. The smallest absolute Gasteiger partial charge is 0.276 e. The summed E-state index contributed by atoms with van der Waals surface area (Å²) in [4.78, 5) is 29.5. The molecule has 0 radical (unpaired) electrons. The van der Waals surface area contributed by atoms with Gasteiger partial charge >= 0.3 is 0 Å². The first-order valence-corrected chi connectivity index (χ1v) is 11.4. The maximum Gasteiger partial charge on any atom is 0.276 e. The second kappa shape index (κ2) is 9.13. The highest BCUT2D eigenvalue weighted by atomic mass is 19.1. The predicted molar refractivity (Wildman–Crippen MR) is 120 cm³/mol. The van der Waals surface area contributed by atoms with E-state index in [9.17, 15) is 14.0 Å². The highest BCUT2D eigenvalue weighted by Crippen LogP contribution is 2.22. The number of likely N-dealkylation sites (tertiary alicyclic amines) is 1. The highest BCUT2D eigenvalue weighted by molar-refractivity contribution is 5.92. The predicted octanol–water partition coefficient (Wildman–Crippen LogP) is 2.85. The van der Waals surface area contributed by atoms with E-state index in [1.54, 1.807) is 23.0 Å². The largest absolute Gasteiger partial charge is 0.338 e. The van der Waals surface area contributed by atoms with E-state index in [-0.39, 0.29) is 30.1 Å². The van der Waals surface area contributed by atoms with Gasteiger partial charge in [-0.05, 0) is 48.1 Å². The molecule has 3 heterocycles. The fourth-order valence-electron chi connectivity index (χ4n) is 4.76. The van der Waals surface area contributed by atoms with Crippen molar-refractivity contribution in [2.45, 2.75) is 44.8 Å². The van der Waals surface area contributed by atoms with Crippen LogP contribution in [0.4, 0.5) is 4.39 Å². The molecule has 1 fully saturated rings. The lowest BCUT2D eigenvalue weighted by atomic mass is 10.00. The Morgan fingerprint density at radius 2 is 1.82 bits per heavy atom. The Hall–Kier alpha value is -3.55. The number of halogens is 1. The van der Waals surface area contributed by atoms with Crippen molar-refractivity contribution in [2.24, 2.45) is 0 Å². The molecule has 3 aromatic rings. The van der Waals surface area contributed by atoms with Crippen LogP contribution in [-0.2, 0) is 30.7 Å². The molecule has 0 bridgehead atoms. The van der Waals surface area contributed by atoms with E-state index >= 15 is 0 Å². The van der Waals surface area contributed by atoms with Gasteiger partial charge in [0.05, 0.1) is 25.2 Å². The molecule has 1 aromatic heterocycles. The van der Waals surface area contributed by atoms with E-state index in [4.69, 9.17) is 0 Å². The summed E-state index contributed by atoms with van der Waals surface area (Å²) in [5, 5.41) is 8.28. The zero-order valence-electron chi connectivity index (χ0n) is 18.4. The molecular weight excluding hydrogens is 421 g/mol. The van der Waals surface area contributed by atoms with Crippen molar-refractivity contribution in [3.63, 3.8) is 0 Å². The average molecular weight is 448 g/mol. The third-order valence-corrected chi connectivity index (χ3v) is 6.54. The van der Waals surface area contributed by atoms with Gasteiger partial charge in [0.25, 0.3) is 5.91 Å². The topological polar surface area (TPSA) is 71.3 Å². The Kier molecular flexibility index (Phi) is 5.90.